The number of piperazine rings is 1. The average Bonchev–Trinajstić information content (AvgIpc) is 3.08. The van der Waals surface area contributed by atoms with Gasteiger partial charge in [-0.25, -0.2) is 4.98 Å². The molecular formula is C17H26N4O2. The molecule has 0 bridgehead atoms. The number of aryl methyl sites for hydroxylation is 1. The first kappa shape index (κ1) is 15.1. The molecule has 1 saturated carbocycles. The molecule has 0 unspecified atom stereocenters. The number of hydrogen-bond donors (Lipinski definition) is 0. The van der Waals surface area contributed by atoms with Gasteiger partial charge < -0.3 is 14.2 Å². The van der Waals surface area contributed by atoms with E-state index in [1.165, 1.54) is 19.4 Å². The molecule has 2 saturated heterocycles. The van der Waals surface area contributed by atoms with Crippen LogP contribution in [0.15, 0.2) is 12.4 Å². The predicted molar refractivity (Wildman–Crippen MR) is 85.8 cm³/mol. The zero-order chi connectivity index (χ0) is 15.8. The summed E-state index contributed by atoms with van der Waals surface area (Å²) < 4.78 is 7.81. The molecule has 1 amide bonds. The van der Waals surface area contributed by atoms with E-state index in [-0.39, 0.29) is 17.9 Å². The largest absolute Gasteiger partial charge is 0.369 e. The molecule has 3 aliphatic rings. The first-order chi connectivity index (χ1) is 11.2. The van der Waals surface area contributed by atoms with E-state index in [2.05, 4.69) is 9.88 Å². The van der Waals surface area contributed by atoms with Crippen molar-refractivity contribution in [3.8, 4) is 0 Å². The minimum Gasteiger partial charge on any atom is -0.369 e. The van der Waals surface area contributed by atoms with Crippen molar-refractivity contribution in [3.63, 3.8) is 0 Å². The quantitative estimate of drug-likeness (QED) is 0.833. The number of amides is 1. The van der Waals surface area contributed by atoms with Crippen molar-refractivity contribution in [1.82, 2.24) is 19.4 Å². The fraction of sp³-hybridized carbons (Fsp3) is 0.765. The zero-order valence-corrected chi connectivity index (χ0v) is 13.9. The summed E-state index contributed by atoms with van der Waals surface area (Å²) >= 11 is 0. The van der Waals surface area contributed by atoms with E-state index in [4.69, 9.17) is 4.74 Å². The summed E-state index contributed by atoms with van der Waals surface area (Å²) in [6.45, 7) is 5.62. The second-order valence-electron chi connectivity index (χ2n) is 7.15. The maximum atomic E-state index is 12.9. The van der Waals surface area contributed by atoms with E-state index in [0.717, 1.165) is 44.3 Å². The standard InChI is InChI=1S/C17H26N4O2/c1-19-6-5-18-16(19)15-14(4-11-23-15)17(22)21-9-7-20(8-10-21)12-13-2-3-13/h5-6,13-15H,2-4,7-12H2,1H3/t14-,15-/m1/s1. The molecule has 4 rings (SSSR count). The molecule has 3 fully saturated rings. The molecule has 126 valence electrons. The van der Waals surface area contributed by atoms with Crippen LogP contribution in [-0.2, 0) is 16.6 Å². The van der Waals surface area contributed by atoms with Gasteiger partial charge in [-0.15, -0.1) is 0 Å². The van der Waals surface area contributed by atoms with Crippen molar-refractivity contribution in [2.24, 2.45) is 18.9 Å². The number of nitrogens with zero attached hydrogens (tertiary/aromatic N) is 4. The van der Waals surface area contributed by atoms with Gasteiger partial charge in [0, 0.05) is 58.8 Å². The minimum absolute atomic E-state index is 0.0777. The summed E-state index contributed by atoms with van der Waals surface area (Å²) in [5.41, 5.74) is 0. The van der Waals surface area contributed by atoms with Gasteiger partial charge in [0.15, 0.2) is 0 Å². The predicted octanol–water partition coefficient (Wildman–Crippen LogP) is 1.05. The second kappa shape index (κ2) is 6.24. The summed E-state index contributed by atoms with van der Waals surface area (Å²) in [5, 5.41) is 0. The SMILES string of the molecule is Cn1ccnc1[C@@H]1OCC[C@H]1C(=O)N1CCN(CC2CC2)CC1. The summed E-state index contributed by atoms with van der Waals surface area (Å²) in [6, 6.07) is 0. The fourth-order valence-electron chi connectivity index (χ4n) is 3.80. The average molecular weight is 318 g/mol. The normalized spacial score (nSPS) is 29.2. The molecule has 0 spiro atoms. The summed E-state index contributed by atoms with van der Waals surface area (Å²) in [5.74, 6) is 1.97. The fourth-order valence-corrected chi connectivity index (χ4v) is 3.80. The molecule has 0 radical (unpaired) electrons. The Hall–Kier alpha value is -1.40. The maximum Gasteiger partial charge on any atom is 0.228 e. The Labute approximate surface area is 137 Å². The number of ether oxygens (including phenoxy) is 1. The van der Waals surface area contributed by atoms with Crippen molar-refractivity contribution >= 4 is 5.91 Å². The Morgan fingerprint density at radius 2 is 2.04 bits per heavy atom. The Balaban J connectivity index is 1.37. The van der Waals surface area contributed by atoms with Crippen LogP contribution in [0, 0.1) is 11.8 Å². The number of aromatic nitrogens is 2. The van der Waals surface area contributed by atoms with Gasteiger partial charge in [-0.1, -0.05) is 0 Å². The van der Waals surface area contributed by atoms with E-state index in [9.17, 15) is 4.79 Å². The van der Waals surface area contributed by atoms with Gasteiger partial charge in [-0.3, -0.25) is 9.69 Å². The molecular weight excluding hydrogens is 292 g/mol. The van der Waals surface area contributed by atoms with Crippen LogP contribution < -0.4 is 0 Å². The highest BCUT2D eigenvalue weighted by molar-refractivity contribution is 5.80. The first-order valence-electron chi connectivity index (χ1n) is 8.82. The van der Waals surface area contributed by atoms with Crippen LogP contribution >= 0.6 is 0 Å². The lowest BCUT2D eigenvalue weighted by atomic mass is 9.98. The third-order valence-corrected chi connectivity index (χ3v) is 5.42. The second-order valence-corrected chi connectivity index (χ2v) is 7.15. The molecule has 6 heteroatoms. The van der Waals surface area contributed by atoms with Gasteiger partial charge in [0.05, 0.1) is 5.92 Å². The van der Waals surface area contributed by atoms with E-state index in [0.29, 0.717) is 6.61 Å². The van der Waals surface area contributed by atoms with Crippen LogP contribution in [0.5, 0.6) is 0 Å². The van der Waals surface area contributed by atoms with Crippen molar-refractivity contribution in [2.75, 3.05) is 39.3 Å². The molecule has 0 N–H and O–H groups in total. The van der Waals surface area contributed by atoms with Crippen molar-refractivity contribution < 1.29 is 9.53 Å². The molecule has 6 nitrogen and oxygen atoms in total. The van der Waals surface area contributed by atoms with Crippen LogP contribution in [-0.4, -0.2) is 64.6 Å². The lowest BCUT2D eigenvalue weighted by Gasteiger charge is -2.36. The number of imidazole rings is 1. The lowest BCUT2D eigenvalue weighted by molar-refractivity contribution is -0.139. The number of rotatable bonds is 4. The first-order valence-corrected chi connectivity index (χ1v) is 8.82. The van der Waals surface area contributed by atoms with Crippen LogP contribution in [0.3, 0.4) is 0 Å². The van der Waals surface area contributed by atoms with Crippen LogP contribution in [0.2, 0.25) is 0 Å². The highest BCUT2D eigenvalue weighted by Gasteiger charge is 2.40. The summed E-state index contributed by atoms with van der Waals surface area (Å²) in [4.78, 5) is 21.9. The molecule has 1 aromatic heterocycles. The number of carbonyl (C=O) groups excluding carboxylic acids is 1. The minimum atomic E-state index is -0.188. The third kappa shape index (κ3) is 3.15. The smallest absolute Gasteiger partial charge is 0.228 e. The molecule has 1 aliphatic carbocycles. The monoisotopic (exact) mass is 318 g/mol. The lowest BCUT2D eigenvalue weighted by Crippen LogP contribution is -2.51. The van der Waals surface area contributed by atoms with Gasteiger partial charge in [-0.05, 0) is 25.2 Å². The maximum absolute atomic E-state index is 12.9. The summed E-state index contributed by atoms with van der Waals surface area (Å²) in [6.07, 6.45) is 7.09. The molecule has 2 atom stereocenters. The highest BCUT2D eigenvalue weighted by Crippen LogP contribution is 2.35. The Kier molecular flexibility index (Phi) is 4.11. The Bertz CT molecular complexity index is 561. The molecule has 1 aromatic rings. The molecule has 23 heavy (non-hydrogen) atoms. The van der Waals surface area contributed by atoms with Gasteiger partial charge in [0.1, 0.15) is 11.9 Å². The van der Waals surface area contributed by atoms with Crippen molar-refractivity contribution in [3.05, 3.63) is 18.2 Å². The van der Waals surface area contributed by atoms with Gasteiger partial charge in [0.25, 0.3) is 0 Å². The zero-order valence-electron chi connectivity index (χ0n) is 13.9. The van der Waals surface area contributed by atoms with E-state index < -0.39 is 0 Å². The highest BCUT2D eigenvalue weighted by atomic mass is 16.5. The molecule has 0 aromatic carbocycles. The van der Waals surface area contributed by atoms with E-state index >= 15 is 0 Å². The van der Waals surface area contributed by atoms with Gasteiger partial charge in [0.2, 0.25) is 5.91 Å². The topological polar surface area (TPSA) is 50.6 Å². The molecule has 2 aliphatic heterocycles. The van der Waals surface area contributed by atoms with Gasteiger partial charge >= 0.3 is 0 Å². The number of carbonyl (C=O) groups is 1. The van der Waals surface area contributed by atoms with Gasteiger partial charge in [-0.2, -0.15) is 0 Å². The summed E-state index contributed by atoms with van der Waals surface area (Å²) in [7, 11) is 1.96. The Morgan fingerprint density at radius 1 is 1.26 bits per heavy atom. The van der Waals surface area contributed by atoms with Crippen LogP contribution in [0.25, 0.3) is 0 Å². The molecule has 3 heterocycles. The number of hydrogen-bond acceptors (Lipinski definition) is 4. The van der Waals surface area contributed by atoms with Crippen molar-refractivity contribution in [2.45, 2.75) is 25.4 Å². The van der Waals surface area contributed by atoms with Crippen molar-refractivity contribution in [1.29, 1.82) is 0 Å². The third-order valence-electron chi connectivity index (χ3n) is 5.42. The Morgan fingerprint density at radius 3 is 2.70 bits per heavy atom. The van der Waals surface area contributed by atoms with E-state index in [1.807, 2.05) is 22.7 Å². The van der Waals surface area contributed by atoms with E-state index in [1.54, 1.807) is 6.20 Å². The van der Waals surface area contributed by atoms with Crippen LogP contribution in [0.4, 0.5) is 0 Å². The van der Waals surface area contributed by atoms with Crippen LogP contribution in [0.1, 0.15) is 31.2 Å².